The predicted octanol–water partition coefficient (Wildman–Crippen LogP) is 3.28. The van der Waals surface area contributed by atoms with Crippen LogP contribution >= 0.6 is 0 Å². The molecule has 3 unspecified atom stereocenters. The predicted molar refractivity (Wildman–Crippen MR) is 78.9 cm³/mol. The summed E-state index contributed by atoms with van der Waals surface area (Å²) < 4.78 is 0. The van der Waals surface area contributed by atoms with E-state index in [1.54, 1.807) is 0 Å². The molecular formula is C16H32N2. The van der Waals surface area contributed by atoms with Crippen molar-refractivity contribution < 1.29 is 0 Å². The monoisotopic (exact) mass is 252 g/mol. The van der Waals surface area contributed by atoms with Gasteiger partial charge in [-0.2, -0.15) is 0 Å². The van der Waals surface area contributed by atoms with Gasteiger partial charge in [-0.1, -0.05) is 33.1 Å². The van der Waals surface area contributed by atoms with Crippen LogP contribution in [-0.2, 0) is 0 Å². The highest BCUT2D eigenvalue weighted by atomic mass is 15.2. The van der Waals surface area contributed by atoms with Gasteiger partial charge in [0.2, 0.25) is 0 Å². The van der Waals surface area contributed by atoms with E-state index in [0.717, 1.165) is 17.9 Å². The van der Waals surface area contributed by atoms with Crippen molar-refractivity contribution in [1.29, 1.82) is 0 Å². The molecular weight excluding hydrogens is 220 g/mol. The number of rotatable bonds is 5. The SMILES string of the molecule is CCCNC1CCCN(CC2CCCCC2C)C1. The first-order valence-corrected chi connectivity index (χ1v) is 8.25. The van der Waals surface area contributed by atoms with Crippen molar-refractivity contribution in [2.75, 3.05) is 26.2 Å². The highest BCUT2D eigenvalue weighted by Crippen LogP contribution is 2.30. The topological polar surface area (TPSA) is 15.3 Å². The molecule has 0 radical (unpaired) electrons. The molecule has 1 saturated carbocycles. The van der Waals surface area contributed by atoms with Gasteiger partial charge in [0, 0.05) is 19.1 Å². The van der Waals surface area contributed by atoms with Crippen LogP contribution in [-0.4, -0.2) is 37.1 Å². The molecule has 0 spiro atoms. The first-order chi connectivity index (χ1) is 8.79. The molecule has 0 aromatic heterocycles. The fourth-order valence-electron chi connectivity index (χ4n) is 3.73. The Bertz CT molecular complexity index is 229. The summed E-state index contributed by atoms with van der Waals surface area (Å²) in [5.41, 5.74) is 0. The van der Waals surface area contributed by atoms with Gasteiger partial charge in [0.25, 0.3) is 0 Å². The minimum atomic E-state index is 0.762. The third-order valence-corrected chi connectivity index (χ3v) is 4.97. The third kappa shape index (κ3) is 4.24. The smallest absolute Gasteiger partial charge is 0.0195 e. The van der Waals surface area contributed by atoms with Crippen LogP contribution in [0, 0.1) is 11.8 Å². The van der Waals surface area contributed by atoms with E-state index in [2.05, 4.69) is 24.1 Å². The van der Waals surface area contributed by atoms with Crippen LogP contribution in [0.25, 0.3) is 0 Å². The number of hydrogen-bond acceptors (Lipinski definition) is 2. The first-order valence-electron chi connectivity index (χ1n) is 8.25. The lowest BCUT2D eigenvalue weighted by Crippen LogP contribution is -2.48. The molecule has 2 rings (SSSR count). The van der Waals surface area contributed by atoms with Gasteiger partial charge < -0.3 is 10.2 Å². The summed E-state index contributed by atoms with van der Waals surface area (Å²) in [5.74, 6) is 1.94. The minimum Gasteiger partial charge on any atom is -0.313 e. The molecule has 1 aliphatic heterocycles. The molecule has 3 atom stereocenters. The van der Waals surface area contributed by atoms with Gasteiger partial charge in [-0.25, -0.2) is 0 Å². The quantitative estimate of drug-likeness (QED) is 0.808. The van der Waals surface area contributed by atoms with Crippen molar-refractivity contribution in [3.8, 4) is 0 Å². The van der Waals surface area contributed by atoms with Crippen molar-refractivity contribution in [2.24, 2.45) is 11.8 Å². The molecule has 0 amide bonds. The van der Waals surface area contributed by atoms with E-state index in [4.69, 9.17) is 0 Å². The first kappa shape index (κ1) is 14.3. The molecule has 1 heterocycles. The Kier molecular flexibility index (Phi) is 5.97. The van der Waals surface area contributed by atoms with E-state index in [-0.39, 0.29) is 0 Å². The van der Waals surface area contributed by atoms with Crippen LogP contribution in [0.1, 0.15) is 58.8 Å². The molecule has 2 fully saturated rings. The molecule has 2 heteroatoms. The zero-order chi connectivity index (χ0) is 12.8. The second-order valence-electron chi connectivity index (χ2n) is 6.57. The Morgan fingerprint density at radius 2 is 1.94 bits per heavy atom. The zero-order valence-corrected chi connectivity index (χ0v) is 12.5. The summed E-state index contributed by atoms with van der Waals surface area (Å²) >= 11 is 0. The van der Waals surface area contributed by atoms with Crippen LogP contribution in [0.2, 0.25) is 0 Å². The van der Waals surface area contributed by atoms with E-state index >= 15 is 0 Å². The molecule has 0 aromatic rings. The largest absolute Gasteiger partial charge is 0.313 e. The summed E-state index contributed by atoms with van der Waals surface area (Å²) in [6, 6.07) is 0.762. The standard InChI is InChI=1S/C16H32N2/c1-3-10-17-16-9-6-11-18(13-16)12-15-8-5-4-7-14(15)2/h14-17H,3-13H2,1-2H3. The molecule has 106 valence electrons. The molecule has 0 bridgehead atoms. The van der Waals surface area contributed by atoms with Gasteiger partial charge >= 0.3 is 0 Å². The van der Waals surface area contributed by atoms with Gasteiger partial charge in [-0.15, -0.1) is 0 Å². The maximum Gasteiger partial charge on any atom is 0.0195 e. The van der Waals surface area contributed by atoms with E-state index in [9.17, 15) is 0 Å². The maximum atomic E-state index is 3.71. The Balaban J connectivity index is 1.74. The summed E-state index contributed by atoms with van der Waals surface area (Å²) in [4.78, 5) is 2.74. The summed E-state index contributed by atoms with van der Waals surface area (Å²) in [7, 11) is 0. The highest BCUT2D eigenvalue weighted by molar-refractivity contribution is 4.82. The molecule has 2 nitrogen and oxygen atoms in total. The zero-order valence-electron chi connectivity index (χ0n) is 12.5. The summed E-state index contributed by atoms with van der Waals surface area (Å²) in [6.45, 7) is 9.93. The van der Waals surface area contributed by atoms with Crippen LogP contribution in [0.4, 0.5) is 0 Å². The fraction of sp³-hybridized carbons (Fsp3) is 1.00. The second kappa shape index (κ2) is 7.49. The number of piperidine rings is 1. The highest BCUT2D eigenvalue weighted by Gasteiger charge is 2.26. The molecule has 1 aliphatic carbocycles. The van der Waals surface area contributed by atoms with Gasteiger partial charge in [0.1, 0.15) is 0 Å². The van der Waals surface area contributed by atoms with Crippen molar-refractivity contribution in [2.45, 2.75) is 64.8 Å². The van der Waals surface area contributed by atoms with Gasteiger partial charge in [0.05, 0.1) is 0 Å². The molecule has 1 N–H and O–H groups in total. The van der Waals surface area contributed by atoms with Crippen molar-refractivity contribution in [3.63, 3.8) is 0 Å². The van der Waals surface area contributed by atoms with E-state index < -0.39 is 0 Å². The third-order valence-electron chi connectivity index (χ3n) is 4.97. The lowest BCUT2D eigenvalue weighted by Gasteiger charge is -2.38. The summed E-state index contributed by atoms with van der Waals surface area (Å²) in [5, 5.41) is 3.71. The summed E-state index contributed by atoms with van der Waals surface area (Å²) in [6.07, 6.45) is 9.93. The van der Waals surface area contributed by atoms with Gasteiger partial charge in [0.15, 0.2) is 0 Å². The lowest BCUT2D eigenvalue weighted by atomic mass is 9.80. The van der Waals surface area contributed by atoms with Gasteiger partial charge in [-0.05, 0) is 50.6 Å². The molecule has 2 aliphatic rings. The number of hydrogen-bond donors (Lipinski definition) is 1. The maximum absolute atomic E-state index is 3.71. The van der Waals surface area contributed by atoms with Gasteiger partial charge in [-0.3, -0.25) is 0 Å². The van der Waals surface area contributed by atoms with Crippen molar-refractivity contribution in [3.05, 3.63) is 0 Å². The Morgan fingerprint density at radius 1 is 1.11 bits per heavy atom. The van der Waals surface area contributed by atoms with E-state index in [1.807, 2.05) is 0 Å². The number of nitrogens with one attached hydrogen (secondary N) is 1. The van der Waals surface area contributed by atoms with Crippen LogP contribution in [0.3, 0.4) is 0 Å². The molecule has 1 saturated heterocycles. The van der Waals surface area contributed by atoms with Crippen LogP contribution < -0.4 is 5.32 Å². The Labute approximate surface area is 114 Å². The molecule has 18 heavy (non-hydrogen) atoms. The normalized spacial score (nSPS) is 34.7. The van der Waals surface area contributed by atoms with E-state index in [0.29, 0.717) is 0 Å². The fourth-order valence-corrected chi connectivity index (χ4v) is 3.73. The minimum absolute atomic E-state index is 0.762. The van der Waals surface area contributed by atoms with Crippen LogP contribution in [0.5, 0.6) is 0 Å². The average Bonchev–Trinajstić information content (AvgIpc) is 2.40. The van der Waals surface area contributed by atoms with E-state index in [1.165, 1.54) is 71.1 Å². The second-order valence-corrected chi connectivity index (χ2v) is 6.57. The van der Waals surface area contributed by atoms with Crippen LogP contribution in [0.15, 0.2) is 0 Å². The Hall–Kier alpha value is -0.0800. The number of nitrogens with zero attached hydrogens (tertiary/aromatic N) is 1. The Morgan fingerprint density at radius 3 is 2.72 bits per heavy atom. The van der Waals surface area contributed by atoms with Crippen molar-refractivity contribution >= 4 is 0 Å². The lowest BCUT2D eigenvalue weighted by molar-refractivity contribution is 0.125. The van der Waals surface area contributed by atoms with Crippen molar-refractivity contribution in [1.82, 2.24) is 10.2 Å². The average molecular weight is 252 g/mol. The number of likely N-dealkylation sites (tertiary alicyclic amines) is 1. The molecule has 0 aromatic carbocycles.